The minimum Gasteiger partial charge on any atom is -0.389 e. The summed E-state index contributed by atoms with van der Waals surface area (Å²) in [6.45, 7) is 0. The largest absolute Gasteiger partial charge is 0.389 e. The zero-order valence-corrected chi connectivity index (χ0v) is 6.01. The first-order chi connectivity index (χ1) is 5.37. The second kappa shape index (κ2) is 3.04. The summed E-state index contributed by atoms with van der Waals surface area (Å²) in [5.74, 6) is 0. The highest BCUT2D eigenvalue weighted by Gasteiger charge is 2.39. The smallest absolute Gasteiger partial charge is 0.109 e. The lowest BCUT2D eigenvalue weighted by Crippen LogP contribution is -2.61. The zero-order chi connectivity index (χ0) is 9.52. The topological polar surface area (TPSA) is 113 Å². The fraction of sp³-hybridized carbons (Fsp3) is 1.00. The fourth-order valence-corrected chi connectivity index (χ4v) is 1.18. The quantitative estimate of drug-likeness (QED) is 0.263. The van der Waals surface area contributed by atoms with E-state index >= 15 is 0 Å². The Morgan fingerprint density at radius 2 is 1.64 bits per heavy atom. The molecule has 66 valence electrons. The first-order valence-corrected chi connectivity index (χ1v) is 3.47. The van der Waals surface area contributed by atoms with E-state index in [0.717, 1.165) is 0 Å². The van der Waals surface area contributed by atoms with E-state index in [-0.39, 0.29) is 6.42 Å². The number of nitrogens with two attached hydrogens (primary N) is 2. The van der Waals surface area contributed by atoms with Crippen molar-refractivity contribution in [2.45, 2.75) is 36.8 Å². The minimum atomic E-state index is -2.20. The van der Waals surface area contributed by atoms with Gasteiger partial charge < -0.3 is 26.8 Å². The van der Waals surface area contributed by atoms with Crippen LogP contribution < -0.4 is 11.5 Å². The van der Waals surface area contributed by atoms with Crippen molar-refractivity contribution in [3.8, 4) is 0 Å². The molecule has 5 nitrogen and oxygen atoms in total. The van der Waals surface area contributed by atoms with Gasteiger partial charge >= 0.3 is 0 Å². The van der Waals surface area contributed by atoms with Crippen LogP contribution in [0.2, 0.25) is 0 Å². The summed E-state index contributed by atoms with van der Waals surface area (Å²) in [6, 6.07) is -1.61. The number of hydrogen-bond donors (Lipinski definition) is 5. The lowest BCUT2D eigenvalue weighted by molar-refractivity contribution is -0.100. The first-order valence-electron chi connectivity index (χ1n) is 3.97. The van der Waals surface area contributed by atoms with Crippen LogP contribution in [0.15, 0.2) is 0 Å². The van der Waals surface area contributed by atoms with E-state index in [2.05, 4.69) is 0 Å². The number of hydrogen-bond acceptors (Lipinski definition) is 5. The monoisotopic (exact) mass is 163 g/mol. The normalized spacial score (nSPS) is 60.6. The maximum Gasteiger partial charge on any atom is 0.109 e. The zero-order valence-electron chi connectivity index (χ0n) is 7.01. The Morgan fingerprint density at radius 1 is 1.09 bits per heavy atom. The molecule has 1 aliphatic carbocycles. The van der Waals surface area contributed by atoms with E-state index < -0.39 is 30.4 Å². The van der Waals surface area contributed by atoms with Gasteiger partial charge in [-0.2, -0.15) is 0 Å². The molecule has 0 amide bonds. The Labute approximate surface area is 66.0 Å². The van der Waals surface area contributed by atoms with Gasteiger partial charge in [0, 0.05) is 12.1 Å². The number of aliphatic hydroxyl groups excluding tert-OH is 2. The van der Waals surface area contributed by atoms with Gasteiger partial charge in [-0.3, -0.25) is 0 Å². The molecule has 1 rings (SSSR count). The molecule has 1 aliphatic rings. The Hall–Kier alpha value is -0.200. The van der Waals surface area contributed by atoms with E-state index in [1.165, 1.54) is 0 Å². The van der Waals surface area contributed by atoms with Crippen LogP contribution >= 0.6 is 0 Å². The maximum absolute atomic E-state index is 9.28. The summed E-state index contributed by atoms with van der Waals surface area (Å²) in [4.78, 5) is 0. The van der Waals surface area contributed by atoms with Crippen molar-refractivity contribution in [2.75, 3.05) is 0 Å². The van der Waals surface area contributed by atoms with E-state index in [4.69, 9.17) is 12.8 Å². The van der Waals surface area contributed by atoms with Crippen molar-refractivity contribution in [3.63, 3.8) is 0 Å². The molecule has 0 aliphatic heterocycles. The Morgan fingerprint density at radius 3 is 2.18 bits per heavy atom. The summed E-state index contributed by atoms with van der Waals surface area (Å²) < 4.78 is 7.22. The highest BCUT2D eigenvalue weighted by atomic mass is 16.4. The van der Waals surface area contributed by atoms with E-state index in [1.54, 1.807) is 0 Å². The van der Waals surface area contributed by atoms with Gasteiger partial charge in [-0.05, 0) is 6.42 Å². The van der Waals surface area contributed by atoms with Gasteiger partial charge in [-0.1, -0.05) is 0 Å². The molecule has 0 spiro atoms. The van der Waals surface area contributed by atoms with Crippen LogP contribution in [0.25, 0.3) is 0 Å². The van der Waals surface area contributed by atoms with Gasteiger partial charge in [0.15, 0.2) is 0 Å². The lowest BCUT2D eigenvalue weighted by Gasteiger charge is -2.37. The third-order valence-corrected chi connectivity index (χ3v) is 1.97. The molecule has 5 heteroatoms. The van der Waals surface area contributed by atoms with Crippen molar-refractivity contribution < 1.29 is 16.7 Å². The fourth-order valence-electron chi connectivity index (χ4n) is 1.18. The molecule has 0 heterocycles. The third kappa shape index (κ3) is 1.52. The van der Waals surface area contributed by atoms with Gasteiger partial charge in [0.2, 0.25) is 0 Å². The summed E-state index contributed by atoms with van der Waals surface area (Å²) in [7, 11) is 0. The highest BCUT2D eigenvalue weighted by Crippen LogP contribution is 2.17. The molecule has 1 saturated carbocycles. The van der Waals surface area contributed by atoms with E-state index in [9.17, 15) is 15.3 Å². The summed E-state index contributed by atoms with van der Waals surface area (Å²) in [6.07, 6.45) is -4.96. The number of rotatable bonds is 0. The second-order valence-electron chi connectivity index (χ2n) is 2.87. The Kier molecular flexibility index (Phi) is 2.06. The van der Waals surface area contributed by atoms with Crippen LogP contribution in [0.1, 0.15) is 7.79 Å². The molecule has 0 aromatic heterocycles. The predicted octanol–water partition coefficient (Wildman–Crippen LogP) is -2.87. The molecule has 0 aromatic rings. The van der Waals surface area contributed by atoms with E-state index in [1.807, 2.05) is 0 Å². The van der Waals surface area contributed by atoms with Crippen molar-refractivity contribution in [2.24, 2.45) is 11.5 Å². The number of aliphatic hydroxyl groups is 3. The summed E-state index contributed by atoms with van der Waals surface area (Å²) >= 11 is 0. The van der Waals surface area contributed by atoms with Crippen LogP contribution in [-0.4, -0.2) is 45.7 Å². The summed E-state index contributed by atoms with van der Waals surface area (Å²) in [5, 5.41) is 27.7. The van der Waals surface area contributed by atoms with Crippen LogP contribution in [0.3, 0.4) is 0 Å². The Bertz CT molecular complexity index is 178. The van der Waals surface area contributed by atoms with Gasteiger partial charge in [-0.25, -0.2) is 0 Å². The van der Waals surface area contributed by atoms with Crippen molar-refractivity contribution >= 4 is 0 Å². The average molecular weight is 163 g/mol. The third-order valence-electron chi connectivity index (χ3n) is 1.97. The van der Waals surface area contributed by atoms with Crippen molar-refractivity contribution in [1.29, 1.82) is 0 Å². The molecular formula is C6H14N2O3. The molecule has 0 aromatic carbocycles. The molecule has 0 radical (unpaired) electrons. The maximum atomic E-state index is 9.28. The Balaban J connectivity index is 2.80. The highest BCUT2D eigenvalue weighted by molar-refractivity contribution is 4.96. The lowest BCUT2D eigenvalue weighted by atomic mass is 9.85. The standard InChI is InChI=1S/C6H14N2O3/c7-2-1-3(8)5(10)6(11)4(2)9/h2-6,9-11H,1,7-8H2/t2-,3+,4+,5-,6-/i4D/m0/s1. The van der Waals surface area contributed by atoms with Gasteiger partial charge in [0.05, 0.1) is 13.6 Å². The predicted molar refractivity (Wildman–Crippen MR) is 38.6 cm³/mol. The van der Waals surface area contributed by atoms with Crippen LogP contribution in [-0.2, 0) is 0 Å². The van der Waals surface area contributed by atoms with Gasteiger partial charge in [0.1, 0.15) is 6.10 Å². The molecule has 11 heavy (non-hydrogen) atoms. The molecular weight excluding hydrogens is 148 g/mol. The van der Waals surface area contributed by atoms with Crippen LogP contribution in [0.4, 0.5) is 0 Å². The minimum absolute atomic E-state index is 0.123. The molecule has 0 bridgehead atoms. The van der Waals surface area contributed by atoms with Crippen molar-refractivity contribution in [1.82, 2.24) is 0 Å². The van der Waals surface area contributed by atoms with Gasteiger partial charge in [-0.15, -0.1) is 0 Å². The molecule has 0 unspecified atom stereocenters. The van der Waals surface area contributed by atoms with Crippen molar-refractivity contribution in [3.05, 3.63) is 0 Å². The molecule has 0 saturated heterocycles. The summed E-state index contributed by atoms with van der Waals surface area (Å²) in [5.41, 5.74) is 10.8. The first kappa shape index (κ1) is 7.45. The average Bonchev–Trinajstić information content (AvgIpc) is 1.99. The van der Waals surface area contributed by atoms with Gasteiger partial charge in [0.25, 0.3) is 0 Å². The SMILES string of the molecule is [2H][C@]1(O)[C@H](O)[C@@H](O)[C@H](N)C[C@@H]1N. The second-order valence-corrected chi connectivity index (χ2v) is 2.87. The molecule has 1 fully saturated rings. The molecule has 5 atom stereocenters. The van der Waals surface area contributed by atoms with E-state index in [0.29, 0.717) is 0 Å². The van der Waals surface area contributed by atoms with Crippen LogP contribution in [0.5, 0.6) is 0 Å². The molecule has 7 N–H and O–H groups in total. The van der Waals surface area contributed by atoms with Crippen LogP contribution in [0, 0.1) is 0 Å².